The third-order valence-corrected chi connectivity index (χ3v) is 9.52. The fourth-order valence-corrected chi connectivity index (χ4v) is 6.09. The first kappa shape index (κ1) is 51.9. The Morgan fingerprint density at radius 1 is 0.630 bits per heavy atom. The van der Waals surface area contributed by atoms with E-state index in [1.807, 2.05) is 36.5 Å². The summed E-state index contributed by atoms with van der Waals surface area (Å²) in [6.07, 6.45) is 35.3. The van der Waals surface area contributed by atoms with Crippen LogP contribution in [0.3, 0.4) is 0 Å². The van der Waals surface area contributed by atoms with E-state index in [0.29, 0.717) is 32.1 Å². The predicted molar refractivity (Wildman–Crippen MR) is 216 cm³/mol. The molecule has 4 N–H and O–H groups in total. The highest BCUT2D eigenvalue weighted by Gasteiger charge is 2.27. The largest absolute Gasteiger partial charge is 0.472 e. The second-order valence-corrected chi connectivity index (χ2v) is 15.3. The number of aliphatic hydroxyl groups excluding tert-OH is 3. The van der Waals surface area contributed by atoms with E-state index in [4.69, 9.17) is 19.1 Å². The maximum absolute atomic E-state index is 12.6. The van der Waals surface area contributed by atoms with Crippen molar-refractivity contribution < 1.29 is 52.9 Å². The van der Waals surface area contributed by atoms with Crippen molar-refractivity contribution in [3.63, 3.8) is 0 Å². The summed E-state index contributed by atoms with van der Waals surface area (Å²) in [6.45, 7) is 2.18. The highest BCUT2D eigenvalue weighted by Crippen LogP contribution is 2.43. The van der Waals surface area contributed by atoms with Crippen LogP contribution in [-0.2, 0) is 32.7 Å². The van der Waals surface area contributed by atoms with Gasteiger partial charge in [-0.05, 0) is 44.9 Å². The fraction of sp³-hybridized carbons (Fsp3) is 0.762. The quantitative estimate of drug-likeness (QED) is 0.0155. The Morgan fingerprint density at radius 3 is 1.83 bits per heavy atom. The SMILES string of the molecule is CCCCC/C=C\C=C/[C@H](O)C/C=C\C/C=C/CCCC(=O)O[C@H](COC(=O)CCCCCCCCCCCCCCC)COP(=O)(O)OC[C@@H](O)CO. The number of phosphoric acid groups is 1. The zero-order valence-electron chi connectivity index (χ0n) is 33.5. The van der Waals surface area contributed by atoms with Crippen LogP contribution < -0.4 is 0 Å². The van der Waals surface area contributed by atoms with Crippen molar-refractivity contribution in [3.8, 4) is 0 Å². The van der Waals surface area contributed by atoms with E-state index in [1.165, 1.54) is 77.0 Å². The van der Waals surface area contributed by atoms with E-state index in [1.54, 1.807) is 6.08 Å². The van der Waals surface area contributed by atoms with Crippen LogP contribution in [0.25, 0.3) is 0 Å². The number of unbranched alkanes of at least 4 members (excludes halogenated alkanes) is 16. The van der Waals surface area contributed by atoms with Crippen LogP contribution >= 0.6 is 7.82 Å². The van der Waals surface area contributed by atoms with Gasteiger partial charge >= 0.3 is 19.8 Å². The van der Waals surface area contributed by atoms with Crippen LogP contribution in [0.15, 0.2) is 48.6 Å². The fourth-order valence-electron chi connectivity index (χ4n) is 5.30. The van der Waals surface area contributed by atoms with Gasteiger partial charge in [0.05, 0.1) is 25.9 Å². The van der Waals surface area contributed by atoms with Gasteiger partial charge in [-0.3, -0.25) is 18.6 Å². The number of aliphatic hydroxyl groups is 3. The molecule has 0 aromatic rings. The molecule has 0 saturated heterocycles. The molecule has 0 aliphatic heterocycles. The van der Waals surface area contributed by atoms with Gasteiger partial charge in [0.15, 0.2) is 6.10 Å². The molecule has 0 aromatic carbocycles. The van der Waals surface area contributed by atoms with Crippen LogP contribution in [0.5, 0.6) is 0 Å². The number of esters is 2. The number of ether oxygens (including phenoxy) is 2. The molecule has 0 aromatic heterocycles. The van der Waals surface area contributed by atoms with Crippen molar-refractivity contribution in [1.82, 2.24) is 0 Å². The lowest BCUT2D eigenvalue weighted by Gasteiger charge is -2.20. The third-order valence-electron chi connectivity index (χ3n) is 8.57. The average molecular weight is 787 g/mol. The third kappa shape index (κ3) is 36.8. The van der Waals surface area contributed by atoms with Gasteiger partial charge in [-0.25, -0.2) is 4.57 Å². The van der Waals surface area contributed by atoms with E-state index in [-0.39, 0.29) is 19.4 Å². The van der Waals surface area contributed by atoms with Gasteiger partial charge in [0.25, 0.3) is 0 Å². The smallest absolute Gasteiger partial charge is 0.462 e. The maximum atomic E-state index is 12.6. The average Bonchev–Trinajstić information content (AvgIpc) is 3.15. The first-order chi connectivity index (χ1) is 26.1. The lowest BCUT2D eigenvalue weighted by atomic mass is 10.0. The summed E-state index contributed by atoms with van der Waals surface area (Å²) in [5.41, 5.74) is 0. The van der Waals surface area contributed by atoms with Crippen LogP contribution in [0.2, 0.25) is 0 Å². The zero-order valence-corrected chi connectivity index (χ0v) is 34.4. The number of phosphoric ester groups is 1. The molecular weight excluding hydrogens is 711 g/mol. The van der Waals surface area contributed by atoms with Crippen molar-refractivity contribution in [2.75, 3.05) is 26.4 Å². The first-order valence-electron chi connectivity index (χ1n) is 20.7. The molecule has 54 heavy (non-hydrogen) atoms. The molecule has 0 fully saturated rings. The lowest BCUT2D eigenvalue weighted by Crippen LogP contribution is -2.29. The lowest BCUT2D eigenvalue weighted by molar-refractivity contribution is -0.161. The minimum atomic E-state index is -4.64. The number of carbonyl (C=O) groups excluding carboxylic acids is 2. The van der Waals surface area contributed by atoms with Crippen molar-refractivity contribution in [2.45, 2.75) is 180 Å². The second-order valence-electron chi connectivity index (χ2n) is 13.9. The summed E-state index contributed by atoms with van der Waals surface area (Å²) >= 11 is 0. The van der Waals surface area contributed by atoms with Crippen LogP contribution in [-0.4, -0.2) is 76.9 Å². The highest BCUT2D eigenvalue weighted by atomic mass is 31.2. The molecule has 0 heterocycles. The topological polar surface area (TPSA) is 169 Å². The summed E-state index contributed by atoms with van der Waals surface area (Å²) in [5, 5.41) is 28.4. The minimum Gasteiger partial charge on any atom is -0.462 e. The standard InChI is InChI=1S/C42H75O11P/c1-3-5-7-9-11-12-13-14-15-16-20-24-28-32-41(46)50-36-40(37-52-54(48,49)51-35-39(45)34-43)53-42(47)33-29-25-21-17-19-23-27-31-38(44)30-26-22-18-10-8-6-4-2/h17-18,21-23,26-27,30,38-40,43-45H,3-16,19-20,24-25,28-29,31-37H2,1-2H3,(H,48,49)/b21-17+,22-18-,27-23-,30-26-/t38-,39-,40+/m0/s1. The molecule has 12 heteroatoms. The predicted octanol–water partition coefficient (Wildman–Crippen LogP) is 9.53. The molecule has 314 valence electrons. The van der Waals surface area contributed by atoms with Crippen molar-refractivity contribution in [1.29, 1.82) is 0 Å². The maximum Gasteiger partial charge on any atom is 0.472 e. The van der Waals surface area contributed by atoms with Gasteiger partial charge in [-0.15, -0.1) is 0 Å². The first-order valence-corrected chi connectivity index (χ1v) is 22.2. The molecule has 4 atom stereocenters. The Balaban J connectivity index is 4.49. The number of rotatable bonds is 38. The Kier molecular flexibility index (Phi) is 36.3. The Bertz CT molecular complexity index is 1060. The molecule has 0 bridgehead atoms. The van der Waals surface area contributed by atoms with Gasteiger partial charge < -0.3 is 29.7 Å². The molecule has 0 spiro atoms. The molecule has 0 aliphatic carbocycles. The Morgan fingerprint density at radius 2 is 1.19 bits per heavy atom. The molecule has 0 aliphatic rings. The van der Waals surface area contributed by atoms with Crippen LogP contribution in [0.4, 0.5) is 0 Å². The number of allylic oxidation sites excluding steroid dienone is 6. The Hall–Kier alpha value is -2.11. The summed E-state index contributed by atoms with van der Waals surface area (Å²) < 4.78 is 32.5. The van der Waals surface area contributed by atoms with E-state index in [9.17, 15) is 29.3 Å². The molecule has 0 amide bonds. The van der Waals surface area contributed by atoms with Crippen molar-refractivity contribution in [2.24, 2.45) is 0 Å². The van der Waals surface area contributed by atoms with Crippen LogP contribution in [0.1, 0.15) is 162 Å². The summed E-state index contributed by atoms with van der Waals surface area (Å²) in [6, 6.07) is 0. The van der Waals surface area contributed by atoms with E-state index in [0.717, 1.165) is 25.7 Å². The minimum absolute atomic E-state index is 0.0745. The number of hydrogen-bond donors (Lipinski definition) is 4. The van der Waals surface area contributed by atoms with Gasteiger partial charge in [-0.1, -0.05) is 152 Å². The van der Waals surface area contributed by atoms with Crippen molar-refractivity contribution in [3.05, 3.63) is 48.6 Å². The molecule has 0 saturated carbocycles. The van der Waals surface area contributed by atoms with Crippen LogP contribution in [0, 0.1) is 0 Å². The normalized spacial score (nSPS) is 15.0. The second kappa shape index (κ2) is 37.8. The molecular formula is C42H75O11P. The molecule has 0 rings (SSSR count). The van der Waals surface area contributed by atoms with Gasteiger partial charge in [0.1, 0.15) is 12.7 Å². The number of carbonyl (C=O) groups is 2. The number of hydrogen-bond acceptors (Lipinski definition) is 10. The van der Waals surface area contributed by atoms with Gasteiger partial charge in [0.2, 0.25) is 0 Å². The summed E-state index contributed by atoms with van der Waals surface area (Å²) in [5.74, 6) is -1.03. The molecule has 0 radical (unpaired) electrons. The summed E-state index contributed by atoms with van der Waals surface area (Å²) in [7, 11) is -4.64. The van der Waals surface area contributed by atoms with Gasteiger partial charge in [0, 0.05) is 12.8 Å². The van der Waals surface area contributed by atoms with E-state index >= 15 is 0 Å². The van der Waals surface area contributed by atoms with E-state index < -0.39 is 57.9 Å². The zero-order chi connectivity index (χ0) is 40.0. The summed E-state index contributed by atoms with van der Waals surface area (Å²) in [4.78, 5) is 34.9. The van der Waals surface area contributed by atoms with E-state index in [2.05, 4.69) is 24.4 Å². The highest BCUT2D eigenvalue weighted by molar-refractivity contribution is 7.47. The Labute approximate surface area is 326 Å². The molecule has 1 unspecified atom stereocenters. The van der Waals surface area contributed by atoms with Gasteiger partial charge in [-0.2, -0.15) is 0 Å². The molecule has 11 nitrogen and oxygen atoms in total. The van der Waals surface area contributed by atoms with Crippen molar-refractivity contribution >= 4 is 19.8 Å². The monoisotopic (exact) mass is 787 g/mol.